The van der Waals surface area contributed by atoms with Gasteiger partial charge in [-0.25, -0.2) is 4.52 Å². The average molecular weight is 190 g/mol. The van der Waals surface area contributed by atoms with Crippen LogP contribution in [-0.2, 0) is 13.5 Å². The molecule has 1 aromatic carbocycles. The molecule has 1 aromatic heterocycles. The lowest BCUT2D eigenvalue weighted by molar-refractivity contribution is -0.841. The largest absolute Gasteiger partial charge is 0.237 e. The van der Waals surface area contributed by atoms with Crippen LogP contribution in [0.15, 0.2) is 28.9 Å². The second-order valence-electron chi connectivity index (χ2n) is 4.24. The summed E-state index contributed by atoms with van der Waals surface area (Å²) in [6.07, 6.45) is 3.14. The molecule has 0 atom stereocenters. The van der Waals surface area contributed by atoms with Crippen molar-refractivity contribution in [1.29, 1.82) is 0 Å². The Balaban J connectivity index is 2.40. The van der Waals surface area contributed by atoms with Crippen LogP contribution in [0.2, 0.25) is 0 Å². The van der Waals surface area contributed by atoms with E-state index in [1.165, 1.54) is 10.9 Å². The number of aromatic nitrogens is 1. The molecular formula is C12H16NO+. The van der Waals surface area contributed by atoms with E-state index >= 15 is 0 Å². The molecule has 0 aliphatic heterocycles. The van der Waals surface area contributed by atoms with Crippen molar-refractivity contribution in [2.75, 3.05) is 0 Å². The third-order valence-electron chi connectivity index (χ3n) is 2.28. The van der Waals surface area contributed by atoms with E-state index in [2.05, 4.69) is 26.0 Å². The molecule has 74 valence electrons. The molecule has 2 rings (SSSR count). The highest BCUT2D eigenvalue weighted by Crippen LogP contribution is 2.16. The summed E-state index contributed by atoms with van der Waals surface area (Å²) in [6, 6.07) is 6.40. The fourth-order valence-corrected chi connectivity index (χ4v) is 1.76. The standard InChI is InChI=1S/C12H16NO/c1-9(2)6-10-4-5-12-11(7-10)8-13(3)14-12/h4-5,7-9H,6H2,1-3H3/q+1. The van der Waals surface area contributed by atoms with Crippen LogP contribution < -0.4 is 4.74 Å². The molecule has 0 bridgehead atoms. The normalized spacial score (nSPS) is 11.4. The van der Waals surface area contributed by atoms with E-state index in [9.17, 15) is 0 Å². The molecule has 0 fully saturated rings. The first-order valence-corrected chi connectivity index (χ1v) is 5.04. The summed E-state index contributed by atoms with van der Waals surface area (Å²) < 4.78 is 7.18. The van der Waals surface area contributed by atoms with Gasteiger partial charge < -0.3 is 0 Å². The Morgan fingerprint density at radius 2 is 2.14 bits per heavy atom. The summed E-state index contributed by atoms with van der Waals surface area (Å²) in [7, 11) is 1.90. The van der Waals surface area contributed by atoms with Gasteiger partial charge in [-0.05, 0) is 34.8 Å². The number of aryl methyl sites for hydroxylation is 1. The van der Waals surface area contributed by atoms with E-state index in [4.69, 9.17) is 4.52 Å². The van der Waals surface area contributed by atoms with Crippen LogP contribution >= 0.6 is 0 Å². The van der Waals surface area contributed by atoms with Gasteiger partial charge >= 0.3 is 0 Å². The number of hydrogen-bond acceptors (Lipinski definition) is 1. The van der Waals surface area contributed by atoms with Gasteiger partial charge in [0.15, 0.2) is 7.05 Å². The van der Waals surface area contributed by atoms with Crippen molar-refractivity contribution < 1.29 is 9.26 Å². The van der Waals surface area contributed by atoms with E-state index in [-0.39, 0.29) is 0 Å². The van der Waals surface area contributed by atoms with Crippen LogP contribution in [0.3, 0.4) is 0 Å². The number of rotatable bonds is 2. The van der Waals surface area contributed by atoms with Crippen molar-refractivity contribution in [2.24, 2.45) is 13.0 Å². The number of nitrogens with zero attached hydrogens (tertiary/aromatic N) is 1. The SMILES string of the molecule is CC(C)Cc1ccc2o[n+](C)cc2c1. The predicted octanol–water partition coefficient (Wildman–Crippen LogP) is 2.46. The van der Waals surface area contributed by atoms with E-state index in [0.29, 0.717) is 5.92 Å². The zero-order chi connectivity index (χ0) is 10.1. The summed E-state index contributed by atoms with van der Waals surface area (Å²) in [5.74, 6) is 0.702. The van der Waals surface area contributed by atoms with Gasteiger partial charge in [-0.3, -0.25) is 0 Å². The minimum atomic E-state index is 0.702. The molecule has 14 heavy (non-hydrogen) atoms. The molecular weight excluding hydrogens is 174 g/mol. The Morgan fingerprint density at radius 3 is 2.86 bits per heavy atom. The Labute approximate surface area is 84.1 Å². The number of fused-ring (bicyclic) bond motifs is 1. The van der Waals surface area contributed by atoms with Crippen molar-refractivity contribution in [3.63, 3.8) is 0 Å². The maximum absolute atomic E-state index is 5.44. The van der Waals surface area contributed by atoms with Gasteiger partial charge in [-0.1, -0.05) is 19.9 Å². The van der Waals surface area contributed by atoms with Crippen molar-refractivity contribution >= 4 is 11.0 Å². The van der Waals surface area contributed by atoms with Crippen molar-refractivity contribution in [1.82, 2.24) is 0 Å². The lowest BCUT2D eigenvalue weighted by Gasteiger charge is -2.02. The van der Waals surface area contributed by atoms with Gasteiger partial charge in [0.2, 0.25) is 11.8 Å². The Hall–Kier alpha value is -1.31. The number of hydrogen-bond donors (Lipinski definition) is 0. The molecule has 0 unspecified atom stereocenters. The van der Waals surface area contributed by atoms with E-state index in [0.717, 1.165) is 12.0 Å². The Kier molecular flexibility index (Phi) is 2.28. The molecule has 0 N–H and O–H groups in total. The molecule has 0 saturated carbocycles. The van der Waals surface area contributed by atoms with Gasteiger partial charge in [0.1, 0.15) is 0 Å². The Morgan fingerprint density at radius 1 is 1.36 bits per heavy atom. The van der Waals surface area contributed by atoms with Crippen molar-refractivity contribution in [3.05, 3.63) is 30.0 Å². The summed E-state index contributed by atoms with van der Waals surface area (Å²) in [6.45, 7) is 4.47. The molecule has 1 heterocycles. The van der Waals surface area contributed by atoms with Crippen LogP contribution in [-0.4, -0.2) is 0 Å². The Bertz CT molecular complexity index is 443. The minimum Gasteiger partial charge on any atom is -0.237 e. The maximum atomic E-state index is 5.44. The first kappa shape index (κ1) is 9.25. The van der Waals surface area contributed by atoms with Crippen LogP contribution in [0.25, 0.3) is 11.0 Å². The lowest BCUT2D eigenvalue weighted by atomic mass is 10.0. The summed E-state index contributed by atoms with van der Waals surface area (Å²) in [4.78, 5) is 0. The van der Waals surface area contributed by atoms with Crippen LogP contribution in [0.1, 0.15) is 19.4 Å². The average Bonchev–Trinajstić information content (AvgIpc) is 2.42. The third-order valence-corrected chi connectivity index (χ3v) is 2.28. The molecule has 2 heteroatoms. The highest BCUT2D eigenvalue weighted by atomic mass is 16.5. The second-order valence-corrected chi connectivity index (χ2v) is 4.24. The summed E-state index contributed by atoms with van der Waals surface area (Å²) in [5, 5.41) is 1.19. The highest BCUT2D eigenvalue weighted by Gasteiger charge is 2.07. The van der Waals surface area contributed by atoms with Gasteiger partial charge in [-0.15, -0.1) is 0 Å². The molecule has 2 nitrogen and oxygen atoms in total. The predicted molar refractivity (Wildman–Crippen MR) is 55.9 cm³/mol. The lowest BCUT2D eigenvalue weighted by Crippen LogP contribution is -2.22. The molecule has 0 aliphatic carbocycles. The van der Waals surface area contributed by atoms with Crippen molar-refractivity contribution in [2.45, 2.75) is 20.3 Å². The quantitative estimate of drug-likeness (QED) is 0.665. The van der Waals surface area contributed by atoms with Gasteiger partial charge in [0.25, 0.3) is 0 Å². The fourth-order valence-electron chi connectivity index (χ4n) is 1.76. The smallest absolute Gasteiger partial charge is 0.227 e. The maximum Gasteiger partial charge on any atom is 0.227 e. The topological polar surface area (TPSA) is 17.0 Å². The summed E-state index contributed by atoms with van der Waals surface area (Å²) >= 11 is 0. The third kappa shape index (κ3) is 1.79. The monoisotopic (exact) mass is 190 g/mol. The van der Waals surface area contributed by atoms with Crippen LogP contribution in [0.4, 0.5) is 0 Å². The fraction of sp³-hybridized carbons (Fsp3) is 0.417. The first-order valence-electron chi connectivity index (χ1n) is 5.04. The highest BCUT2D eigenvalue weighted by molar-refractivity contribution is 5.75. The minimum absolute atomic E-state index is 0.702. The molecule has 0 radical (unpaired) electrons. The molecule has 0 spiro atoms. The van der Waals surface area contributed by atoms with Gasteiger partial charge in [0, 0.05) is 0 Å². The van der Waals surface area contributed by atoms with Crippen LogP contribution in [0, 0.1) is 5.92 Å². The van der Waals surface area contributed by atoms with Crippen molar-refractivity contribution in [3.8, 4) is 0 Å². The zero-order valence-corrected chi connectivity index (χ0v) is 8.95. The van der Waals surface area contributed by atoms with Gasteiger partial charge in [-0.2, -0.15) is 0 Å². The van der Waals surface area contributed by atoms with Gasteiger partial charge in [0.05, 0.1) is 5.39 Å². The second kappa shape index (κ2) is 3.45. The molecule has 2 aromatic rings. The number of benzene rings is 1. The molecule has 0 aliphatic rings. The molecule has 0 amide bonds. The zero-order valence-electron chi connectivity index (χ0n) is 8.95. The molecule has 0 saturated heterocycles. The van der Waals surface area contributed by atoms with Crippen LogP contribution in [0.5, 0.6) is 0 Å². The van der Waals surface area contributed by atoms with E-state index in [1.807, 2.05) is 19.3 Å². The van der Waals surface area contributed by atoms with E-state index in [1.54, 1.807) is 4.74 Å². The van der Waals surface area contributed by atoms with E-state index < -0.39 is 0 Å². The first-order chi connectivity index (χ1) is 6.65. The summed E-state index contributed by atoms with van der Waals surface area (Å²) in [5.41, 5.74) is 2.34.